The SMILES string of the molecule is CC1C(=O)CCCCCCCCCC(=O)N1C. The van der Waals surface area contributed by atoms with Crippen LogP contribution in [-0.4, -0.2) is 29.7 Å². The van der Waals surface area contributed by atoms with Gasteiger partial charge >= 0.3 is 0 Å². The van der Waals surface area contributed by atoms with Crippen molar-refractivity contribution >= 4 is 11.7 Å². The number of carbonyl (C=O) groups excluding carboxylic acids is 2. The fourth-order valence-corrected chi connectivity index (χ4v) is 2.28. The molecule has 1 aliphatic heterocycles. The van der Waals surface area contributed by atoms with Crippen LogP contribution in [-0.2, 0) is 9.59 Å². The molecule has 0 aromatic carbocycles. The van der Waals surface area contributed by atoms with Gasteiger partial charge in [-0.3, -0.25) is 9.59 Å². The molecule has 0 aromatic rings. The summed E-state index contributed by atoms with van der Waals surface area (Å²) in [5.41, 5.74) is 0. The summed E-state index contributed by atoms with van der Waals surface area (Å²) in [5.74, 6) is 0.324. The zero-order valence-corrected chi connectivity index (χ0v) is 11.2. The van der Waals surface area contributed by atoms with E-state index in [4.69, 9.17) is 0 Å². The summed E-state index contributed by atoms with van der Waals surface area (Å²) in [7, 11) is 1.75. The van der Waals surface area contributed by atoms with Crippen LogP contribution in [0.2, 0.25) is 0 Å². The Hall–Kier alpha value is -0.860. The Bertz CT molecular complexity index is 237. The summed E-state index contributed by atoms with van der Waals surface area (Å²) >= 11 is 0. The first kappa shape index (κ1) is 14.2. The number of amides is 1. The van der Waals surface area contributed by atoms with Gasteiger partial charge in [0, 0.05) is 19.9 Å². The maximum Gasteiger partial charge on any atom is 0.222 e. The van der Waals surface area contributed by atoms with Crippen LogP contribution in [0.3, 0.4) is 0 Å². The molecule has 0 aliphatic carbocycles. The highest BCUT2D eigenvalue weighted by Crippen LogP contribution is 2.14. The van der Waals surface area contributed by atoms with Crippen LogP contribution in [0.4, 0.5) is 0 Å². The molecule has 3 heteroatoms. The molecule has 1 fully saturated rings. The van der Waals surface area contributed by atoms with Gasteiger partial charge in [-0.1, -0.05) is 32.1 Å². The van der Waals surface area contributed by atoms with Crippen molar-refractivity contribution in [1.82, 2.24) is 4.90 Å². The van der Waals surface area contributed by atoms with Gasteiger partial charge in [-0.25, -0.2) is 0 Å². The molecule has 17 heavy (non-hydrogen) atoms. The lowest BCUT2D eigenvalue weighted by Crippen LogP contribution is -2.40. The first-order valence-corrected chi connectivity index (χ1v) is 6.91. The first-order valence-electron chi connectivity index (χ1n) is 6.91. The van der Waals surface area contributed by atoms with Gasteiger partial charge in [0.15, 0.2) is 5.78 Å². The zero-order valence-electron chi connectivity index (χ0n) is 11.2. The number of ketones is 1. The van der Waals surface area contributed by atoms with Crippen molar-refractivity contribution in [2.75, 3.05) is 7.05 Å². The number of nitrogens with zero attached hydrogens (tertiary/aromatic N) is 1. The predicted molar refractivity (Wildman–Crippen MR) is 68.8 cm³/mol. The number of hydrogen-bond acceptors (Lipinski definition) is 2. The predicted octanol–water partition coefficient (Wildman–Crippen LogP) is 2.93. The monoisotopic (exact) mass is 239 g/mol. The molecule has 0 radical (unpaired) electrons. The Morgan fingerprint density at radius 1 is 0.882 bits per heavy atom. The summed E-state index contributed by atoms with van der Waals surface area (Å²) in [5, 5.41) is 0. The van der Waals surface area contributed by atoms with E-state index in [1.807, 2.05) is 6.92 Å². The second-order valence-electron chi connectivity index (χ2n) is 5.12. The van der Waals surface area contributed by atoms with Crippen molar-refractivity contribution in [2.24, 2.45) is 0 Å². The van der Waals surface area contributed by atoms with E-state index in [2.05, 4.69) is 0 Å². The van der Waals surface area contributed by atoms with E-state index in [0.717, 1.165) is 25.7 Å². The lowest BCUT2D eigenvalue weighted by molar-refractivity contribution is -0.137. The van der Waals surface area contributed by atoms with Crippen molar-refractivity contribution in [3.63, 3.8) is 0 Å². The lowest BCUT2D eigenvalue weighted by Gasteiger charge is -2.23. The van der Waals surface area contributed by atoms with Crippen LogP contribution < -0.4 is 0 Å². The minimum atomic E-state index is -0.247. The molecule has 1 rings (SSSR count). The van der Waals surface area contributed by atoms with E-state index >= 15 is 0 Å². The minimum Gasteiger partial charge on any atom is -0.336 e. The number of likely N-dealkylation sites (N-methyl/N-ethyl adjacent to an activating group) is 1. The van der Waals surface area contributed by atoms with E-state index < -0.39 is 0 Å². The van der Waals surface area contributed by atoms with Gasteiger partial charge in [0.05, 0.1) is 6.04 Å². The summed E-state index contributed by atoms with van der Waals surface area (Å²) in [6, 6.07) is -0.247. The molecule has 3 nitrogen and oxygen atoms in total. The van der Waals surface area contributed by atoms with E-state index in [0.29, 0.717) is 12.8 Å². The van der Waals surface area contributed by atoms with Gasteiger partial charge in [0.25, 0.3) is 0 Å². The second kappa shape index (κ2) is 7.46. The molecule has 1 unspecified atom stereocenters. The molecule has 0 aromatic heterocycles. The van der Waals surface area contributed by atoms with Crippen molar-refractivity contribution in [3.05, 3.63) is 0 Å². The third-order valence-electron chi connectivity index (χ3n) is 3.75. The van der Waals surface area contributed by atoms with Crippen LogP contribution in [0.15, 0.2) is 0 Å². The van der Waals surface area contributed by atoms with Gasteiger partial charge in [0.1, 0.15) is 0 Å². The molecule has 1 heterocycles. The summed E-state index contributed by atoms with van der Waals surface area (Å²) in [6.07, 6.45) is 9.14. The molecular formula is C14H25NO2. The Balaban J connectivity index is 2.55. The molecule has 1 atom stereocenters. The van der Waals surface area contributed by atoms with Crippen LogP contribution in [0, 0.1) is 0 Å². The zero-order chi connectivity index (χ0) is 12.7. The second-order valence-corrected chi connectivity index (χ2v) is 5.12. The molecular weight excluding hydrogens is 214 g/mol. The topological polar surface area (TPSA) is 37.4 Å². The Labute approximate surface area is 105 Å². The first-order chi connectivity index (χ1) is 8.13. The quantitative estimate of drug-likeness (QED) is 0.652. The third-order valence-corrected chi connectivity index (χ3v) is 3.75. The highest BCUT2D eigenvalue weighted by atomic mass is 16.2. The molecule has 0 saturated carbocycles. The van der Waals surface area contributed by atoms with E-state index in [9.17, 15) is 9.59 Å². The largest absolute Gasteiger partial charge is 0.336 e. The van der Waals surface area contributed by atoms with Crippen molar-refractivity contribution in [2.45, 2.75) is 70.8 Å². The Morgan fingerprint density at radius 2 is 1.35 bits per heavy atom. The fourth-order valence-electron chi connectivity index (χ4n) is 2.28. The van der Waals surface area contributed by atoms with Crippen molar-refractivity contribution in [3.8, 4) is 0 Å². The van der Waals surface area contributed by atoms with Gasteiger partial charge in [-0.15, -0.1) is 0 Å². The molecule has 0 spiro atoms. The Morgan fingerprint density at radius 3 is 1.94 bits per heavy atom. The smallest absolute Gasteiger partial charge is 0.222 e. The lowest BCUT2D eigenvalue weighted by atomic mass is 10.0. The van der Waals surface area contributed by atoms with Crippen LogP contribution >= 0.6 is 0 Å². The van der Waals surface area contributed by atoms with E-state index in [1.54, 1.807) is 11.9 Å². The highest BCUT2D eigenvalue weighted by Gasteiger charge is 2.21. The molecule has 1 aliphatic rings. The molecule has 1 saturated heterocycles. The fraction of sp³-hybridized carbons (Fsp3) is 0.857. The normalized spacial score (nSPS) is 26.0. The van der Waals surface area contributed by atoms with E-state index in [1.165, 1.54) is 19.3 Å². The number of Topliss-reactive ketones (excluding diaryl/α,β-unsaturated/α-hetero) is 1. The molecule has 1 amide bonds. The Kier molecular flexibility index (Phi) is 6.23. The van der Waals surface area contributed by atoms with Crippen LogP contribution in [0.25, 0.3) is 0 Å². The molecule has 0 bridgehead atoms. The summed E-state index contributed by atoms with van der Waals surface area (Å²) < 4.78 is 0. The van der Waals surface area contributed by atoms with Gasteiger partial charge in [-0.2, -0.15) is 0 Å². The van der Waals surface area contributed by atoms with Crippen molar-refractivity contribution < 1.29 is 9.59 Å². The van der Waals surface area contributed by atoms with Gasteiger partial charge < -0.3 is 4.90 Å². The van der Waals surface area contributed by atoms with Gasteiger partial charge in [-0.05, 0) is 19.8 Å². The maximum atomic E-state index is 11.9. The summed E-state index contributed by atoms with van der Waals surface area (Å²) in [4.78, 5) is 25.3. The summed E-state index contributed by atoms with van der Waals surface area (Å²) in [6.45, 7) is 1.85. The number of rotatable bonds is 0. The maximum absolute atomic E-state index is 11.9. The van der Waals surface area contributed by atoms with Crippen LogP contribution in [0.5, 0.6) is 0 Å². The van der Waals surface area contributed by atoms with Gasteiger partial charge in [0.2, 0.25) is 5.91 Å². The average molecular weight is 239 g/mol. The van der Waals surface area contributed by atoms with Crippen molar-refractivity contribution in [1.29, 1.82) is 0 Å². The van der Waals surface area contributed by atoms with Crippen LogP contribution in [0.1, 0.15) is 64.7 Å². The molecule has 0 N–H and O–H groups in total. The standard InChI is InChI=1S/C14H25NO2/c1-12-13(16)10-8-6-4-3-5-7-9-11-14(17)15(12)2/h12H,3-11H2,1-2H3. The number of hydrogen-bond donors (Lipinski definition) is 0. The van der Waals surface area contributed by atoms with E-state index in [-0.39, 0.29) is 17.7 Å². The average Bonchev–Trinajstić information content (AvgIpc) is 2.34. The highest BCUT2D eigenvalue weighted by molar-refractivity contribution is 5.88. The molecule has 98 valence electrons. The minimum absolute atomic E-state index is 0.116. The number of carbonyl (C=O) groups is 2. The third kappa shape index (κ3) is 4.88.